The van der Waals surface area contributed by atoms with Crippen molar-refractivity contribution in [1.82, 2.24) is 5.32 Å². The molecule has 2 nitrogen and oxygen atoms in total. The lowest BCUT2D eigenvalue weighted by Gasteiger charge is -2.27. The fourth-order valence-electron chi connectivity index (χ4n) is 4.54. The van der Waals surface area contributed by atoms with Crippen LogP contribution in [0, 0.1) is 0 Å². The molecule has 0 bridgehead atoms. The molecule has 0 aromatic heterocycles. The van der Waals surface area contributed by atoms with Gasteiger partial charge in [0, 0.05) is 18.2 Å². The first-order valence-electron chi connectivity index (χ1n) is 8.74. The third-order valence-corrected chi connectivity index (χ3v) is 5.94. The van der Waals surface area contributed by atoms with Crippen LogP contribution in [-0.2, 0) is 11.8 Å². The summed E-state index contributed by atoms with van der Waals surface area (Å²) in [5.74, 6) is 0.554. The Morgan fingerprint density at radius 3 is 2.78 bits per heavy atom. The van der Waals surface area contributed by atoms with E-state index >= 15 is 0 Å². The third kappa shape index (κ3) is 2.28. The molecule has 2 heterocycles. The molecule has 0 radical (unpaired) electrons. The summed E-state index contributed by atoms with van der Waals surface area (Å²) in [7, 11) is 2.22. The first-order chi connectivity index (χ1) is 11.1. The van der Waals surface area contributed by atoms with Gasteiger partial charge >= 0.3 is 0 Å². The summed E-state index contributed by atoms with van der Waals surface area (Å²) >= 11 is 0. The molecular weight excluding hydrogens is 280 g/mol. The molecule has 2 aromatic carbocycles. The SMILES string of the molecule is CC(Cc1ccc2c(c1)[C@]1(C)CCNC1N2C)c1ccccc1. The summed E-state index contributed by atoms with van der Waals surface area (Å²) in [5.41, 5.74) is 6.09. The monoisotopic (exact) mass is 306 g/mol. The van der Waals surface area contributed by atoms with Gasteiger partial charge in [0.2, 0.25) is 0 Å². The molecule has 0 spiro atoms. The molecular formula is C21H26N2. The topological polar surface area (TPSA) is 15.3 Å². The third-order valence-electron chi connectivity index (χ3n) is 5.94. The van der Waals surface area contributed by atoms with Crippen LogP contribution in [0.1, 0.15) is 42.9 Å². The minimum atomic E-state index is 0.260. The fourth-order valence-corrected chi connectivity index (χ4v) is 4.54. The molecule has 1 fully saturated rings. The maximum absolute atomic E-state index is 3.67. The van der Waals surface area contributed by atoms with Crippen LogP contribution in [-0.4, -0.2) is 19.8 Å². The fraction of sp³-hybridized carbons (Fsp3) is 0.429. The molecule has 2 unspecified atom stereocenters. The van der Waals surface area contributed by atoms with Crippen molar-refractivity contribution in [2.24, 2.45) is 0 Å². The molecule has 1 saturated heterocycles. The molecule has 3 atom stereocenters. The van der Waals surface area contributed by atoms with E-state index in [0.29, 0.717) is 12.1 Å². The molecule has 2 aliphatic heterocycles. The quantitative estimate of drug-likeness (QED) is 0.920. The lowest BCUT2D eigenvalue weighted by Crippen LogP contribution is -2.44. The highest BCUT2D eigenvalue weighted by molar-refractivity contribution is 5.65. The standard InChI is InChI=1S/C21H26N2/c1-15(17-7-5-4-6-8-17)13-16-9-10-19-18(14-16)21(2)11-12-22-20(21)23(19)3/h4-10,14-15,20,22H,11-13H2,1-3H3/t15?,20?,21-/m0/s1. The molecule has 2 heteroatoms. The van der Waals surface area contributed by atoms with Gasteiger partial charge in [0.05, 0.1) is 6.17 Å². The van der Waals surface area contributed by atoms with E-state index in [4.69, 9.17) is 0 Å². The Labute approximate surface area is 139 Å². The van der Waals surface area contributed by atoms with Crippen LogP contribution in [0.15, 0.2) is 48.5 Å². The average Bonchev–Trinajstić information content (AvgIpc) is 3.05. The van der Waals surface area contributed by atoms with Crippen molar-refractivity contribution in [1.29, 1.82) is 0 Å². The zero-order valence-electron chi connectivity index (χ0n) is 14.3. The predicted octanol–water partition coefficient (Wildman–Crippen LogP) is 4.06. The molecule has 0 amide bonds. The van der Waals surface area contributed by atoms with Gasteiger partial charge in [-0.25, -0.2) is 0 Å². The Hall–Kier alpha value is -1.80. The van der Waals surface area contributed by atoms with Gasteiger partial charge in [-0.1, -0.05) is 56.3 Å². The van der Waals surface area contributed by atoms with Crippen LogP contribution < -0.4 is 10.2 Å². The van der Waals surface area contributed by atoms with Gasteiger partial charge in [-0.2, -0.15) is 0 Å². The molecule has 0 aliphatic carbocycles. The van der Waals surface area contributed by atoms with Crippen LogP contribution in [0.2, 0.25) is 0 Å². The summed E-state index contributed by atoms with van der Waals surface area (Å²) in [6.07, 6.45) is 2.79. The van der Waals surface area contributed by atoms with Crippen LogP contribution in [0.5, 0.6) is 0 Å². The van der Waals surface area contributed by atoms with Crippen LogP contribution in [0.25, 0.3) is 0 Å². The molecule has 2 aromatic rings. The minimum absolute atomic E-state index is 0.260. The second kappa shape index (κ2) is 5.38. The number of likely N-dealkylation sites (N-methyl/N-ethyl adjacent to an activating group) is 1. The zero-order valence-corrected chi connectivity index (χ0v) is 14.3. The molecule has 2 aliphatic rings. The van der Waals surface area contributed by atoms with E-state index in [-0.39, 0.29) is 5.41 Å². The lowest BCUT2D eigenvalue weighted by atomic mass is 9.80. The maximum Gasteiger partial charge on any atom is 0.0889 e. The van der Waals surface area contributed by atoms with Crippen molar-refractivity contribution in [3.8, 4) is 0 Å². The summed E-state index contributed by atoms with van der Waals surface area (Å²) in [6, 6.07) is 18.0. The van der Waals surface area contributed by atoms with E-state index in [2.05, 4.69) is 79.6 Å². The Morgan fingerprint density at radius 1 is 1.22 bits per heavy atom. The second-order valence-corrected chi connectivity index (χ2v) is 7.50. The maximum atomic E-state index is 3.67. The van der Waals surface area contributed by atoms with E-state index < -0.39 is 0 Å². The van der Waals surface area contributed by atoms with Gasteiger partial charge in [0.1, 0.15) is 0 Å². The predicted molar refractivity (Wildman–Crippen MR) is 97.2 cm³/mol. The van der Waals surface area contributed by atoms with E-state index in [1.54, 1.807) is 0 Å². The zero-order chi connectivity index (χ0) is 16.0. The molecule has 1 N–H and O–H groups in total. The Bertz CT molecular complexity index is 709. The van der Waals surface area contributed by atoms with Gasteiger partial charge in [-0.15, -0.1) is 0 Å². The van der Waals surface area contributed by atoms with E-state index in [0.717, 1.165) is 13.0 Å². The molecule has 4 rings (SSSR count). The van der Waals surface area contributed by atoms with Crippen molar-refractivity contribution < 1.29 is 0 Å². The highest BCUT2D eigenvalue weighted by Gasteiger charge is 2.49. The summed E-state index contributed by atoms with van der Waals surface area (Å²) in [5, 5.41) is 3.67. The number of rotatable bonds is 3. The number of hydrogen-bond donors (Lipinski definition) is 1. The number of nitrogens with one attached hydrogen (secondary N) is 1. The van der Waals surface area contributed by atoms with Gasteiger partial charge in [0.25, 0.3) is 0 Å². The van der Waals surface area contributed by atoms with E-state index in [1.807, 2.05) is 0 Å². The van der Waals surface area contributed by atoms with Crippen molar-refractivity contribution in [3.05, 3.63) is 65.2 Å². The Kier molecular flexibility index (Phi) is 3.46. The van der Waals surface area contributed by atoms with Crippen molar-refractivity contribution in [3.63, 3.8) is 0 Å². The van der Waals surface area contributed by atoms with Crippen molar-refractivity contribution in [2.75, 3.05) is 18.5 Å². The number of hydrogen-bond acceptors (Lipinski definition) is 2. The van der Waals surface area contributed by atoms with E-state index in [9.17, 15) is 0 Å². The van der Waals surface area contributed by atoms with Crippen molar-refractivity contribution in [2.45, 2.75) is 44.2 Å². The summed E-state index contributed by atoms with van der Waals surface area (Å²) in [6.45, 7) is 5.87. The first-order valence-corrected chi connectivity index (χ1v) is 8.74. The minimum Gasteiger partial charge on any atom is -0.358 e. The average molecular weight is 306 g/mol. The summed E-state index contributed by atoms with van der Waals surface area (Å²) < 4.78 is 0. The number of fused-ring (bicyclic) bond motifs is 3. The number of anilines is 1. The highest BCUT2D eigenvalue weighted by atomic mass is 15.3. The smallest absolute Gasteiger partial charge is 0.0889 e. The first kappa shape index (κ1) is 14.8. The highest BCUT2D eigenvalue weighted by Crippen LogP contribution is 2.48. The van der Waals surface area contributed by atoms with Crippen LogP contribution in [0.3, 0.4) is 0 Å². The number of benzene rings is 2. The van der Waals surface area contributed by atoms with Crippen molar-refractivity contribution >= 4 is 5.69 Å². The van der Waals surface area contributed by atoms with Gasteiger partial charge < -0.3 is 4.90 Å². The normalized spacial score (nSPS) is 26.9. The second-order valence-electron chi connectivity index (χ2n) is 7.50. The number of nitrogens with zero attached hydrogens (tertiary/aromatic N) is 1. The van der Waals surface area contributed by atoms with Gasteiger partial charge in [-0.05, 0) is 48.1 Å². The Morgan fingerprint density at radius 2 is 2.00 bits per heavy atom. The van der Waals surface area contributed by atoms with Crippen LogP contribution >= 0.6 is 0 Å². The van der Waals surface area contributed by atoms with E-state index in [1.165, 1.54) is 28.8 Å². The van der Waals surface area contributed by atoms with Gasteiger partial charge in [0.15, 0.2) is 0 Å². The van der Waals surface area contributed by atoms with Crippen LogP contribution in [0.4, 0.5) is 5.69 Å². The lowest BCUT2D eigenvalue weighted by molar-refractivity contribution is 0.431. The molecule has 23 heavy (non-hydrogen) atoms. The molecule has 120 valence electrons. The Balaban J connectivity index is 1.63. The largest absolute Gasteiger partial charge is 0.358 e. The molecule has 0 saturated carbocycles. The van der Waals surface area contributed by atoms with Gasteiger partial charge in [-0.3, -0.25) is 5.32 Å². The summed E-state index contributed by atoms with van der Waals surface area (Å²) in [4.78, 5) is 2.42.